The maximum Gasteiger partial charge on any atom is 0.274 e. The van der Waals surface area contributed by atoms with Crippen molar-refractivity contribution < 1.29 is 13.3 Å². The molecule has 1 aliphatic carbocycles. The van der Waals surface area contributed by atoms with Crippen LogP contribution in [0.2, 0.25) is 5.02 Å². The van der Waals surface area contributed by atoms with Crippen LogP contribution in [0, 0.1) is 11.6 Å². The lowest BCUT2D eigenvalue weighted by Crippen LogP contribution is -2.54. The number of hydrogen-bond donors (Lipinski definition) is 1. The fourth-order valence-corrected chi connectivity index (χ4v) is 5.26. The SMILES string of the molecule is CC(c1c(F)ccc(F)c1Cl)N1CCN=C2NN=C(c3nc(C4CCCCC4)no3)CC21. The maximum atomic E-state index is 14.6. The Bertz CT molecular complexity index is 1060. The number of fused-ring (bicyclic) bond motifs is 1. The van der Waals surface area contributed by atoms with Crippen LogP contribution in [0.4, 0.5) is 8.78 Å². The van der Waals surface area contributed by atoms with Crippen molar-refractivity contribution in [2.24, 2.45) is 10.1 Å². The van der Waals surface area contributed by atoms with Crippen molar-refractivity contribution in [1.29, 1.82) is 0 Å². The van der Waals surface area contributed by atoms with Gasteiger partial charge in [-0.1, -0.05) is 36.0 Å². The molecule has 2 atom stereocenters. The third-order valence-corrected chi connectivity index (χ3v) is 7.09. The van der Waals surface area contributed by atoms with Gasteiger partial charge in [-0.25, -0.2) is 8.78 Å². The Morgan fingerprint density at radius 3 is 2.78 bits per heavy atom. The third-order valence-electron chi connectivity index (χ3n) is 6.70. The zero-order chi connectivity index (χ0) is 22.2. The van der Waals surface area contributed by atoms with Crippen LogP contribution in [0.5, 0.6) is 0 Å². The number of rotatable bonds is 4. The van der Waals surface area contributed by atoms with E-state index in [1.165, 1.54) is 19.3 Å². The van der Waals surface area contributed by atoms with Crippen molar-refractivity contribution in [2.45, 2.75) is 63.5 Å². The summed E-state index contributed by atoms with van der Waals surface area (Å²) in [5.74, 6) is 0.992. The van der Waals surface area contributed by atoms with E-state index in [1.54, 1.807) is 0 Å². The highest BCUT2D eigenvalue weighted by Gasteiger charge is 2.38. The predicted octanol–water partition coefficient (Wildman–Crippen LogP) is 4.59. The third kappa shape index (κ3) is 3.92. The van der Waals surface area contributed by atoms with Gasteiger partial charge in [-0.2, -0.15) is 10.1 Å². The molecule has 10 heteroatoms. The summed E-state index contributed by atoms with van der Waals surface area (Å²) in [5, 5.41) is 8.43. The largest absolute Gasteiger partial charge is 0.333 e. The van der Waals surface area contributed by atoms with Crippen LogP contribution >= 0.6 is 11.6 Å². The quantitative estimate of drug-likeness (QED) is 0.672. The van der Waals surface area contributed by atoms with Crippen LogP contribution in [-0.4, -0.2) is 45.7 Å². The van der Waals surface area contributed by atoms with Crippen molar-refractivity contribution in [3.05, 3.63) is 46.1 Å². The van der Waals surface area contributed by atoms with Gasteiger partial charge in [0.25, 0.3) is 5.89 Å². The van der Waals surface area contributed by atoms with Crippen molar-refractivity contribution in [2.75, 3.05) is 13.1 Å². The normalized spacial score (nSPS) is 23.2. The zero-order valence-corrected chi connectivity index (χ0v) is 18.6. The van der Waals surface area contributed by atoms with Gasteiger partial charge in [-0.3, -0.25) is 15.3 Å². The molecular weight excluding hydrogens is 438 g/mol. The fourth-order valence-electron chi connectivity index (χ4n) is 4.95. The monoisotopic (exact) mass is 462 g/mol. The summed E-state index contributed by atoms with van der Waals surface area (Å²) in [6.45, 7) is 2.93. The first-order chi connectivity index (χ1) is 15.5. The number of aliphatic imine (C=N–C) groups is 1. The zero-order valence-electron chi connectivity index (χ0n) is 17.8. The minimum Gasteiger partial charge on any atom is -0.333 e. The van der Waals surface area contributed by atoms with Crippen LogP contribution in [0.3, 0.4) is 0 Å². The Balaban J connectivity index is 1.39. The molecule has 0 amide bonds. The molecule has 1 fully saturated rings. The highest BCUT2D eigenvalue weighted by molar-refractivity contribution is 6.31. The van der Waals surface area contributed by atoms with Crippen LogP contribution in [0.1, 0.15) is 74.7 Å². The van der Waals surface area contributed by atoms with Gasteiger partial charge < -0.3 is 4.52 Å². The molecule has 0 bridgehead atoms. The van der Waals surface area contributed by atoms with E-state index in [-0.39, 0.29) is 16.6 Å². The van der Waals surface area contributed by atoms with Crippen molar-refractivity contribution >= 4 is 23.1 Å². The Kier molecular flexibility index (Phi) is 5.94. The lowest BCUT2D eigenvalue weighted by atomic mass is 9.89. The molecule has 0 radical (unpaired) electrons. The van der Waals surface area contributed by atoms with E-state index in [2.05, 4.69) is 30.6 Å². The van der Waals surface area contributed by atoms with Gasteiger partial charge in [0.2, 0.25) is 0 Å². The molecule has 1 saturated carbocycles. The molecule has 0 saturated heterocycles. The summed E-state index contributed by atoms with van der Waals surface area (Å²) >= 11 is 6.14. The van der Waals surface area contributed by atoms with Crippen LogP contribution < -0.4 is 5.43 Å². The highest BCUT2D eigenvalue weighted by atomic mass is 35.5. The number of nitrogens with one attached hydrogen (secondary N) is 1. The van der Waals surface area contributed by atoms with Gasteiger partial charge in [0.05, 0.1) is 17.6 Å². The van der Waals surface area contributed by atoms with E-state index < -0.39 is 17.7 Å². The van der Waals surface area contributed by atoms with E-state index in [9.17, 15) is 8.78 Å². The first kappa shape index (κ1) is 21.5. The molecule has 0 spiro atoms. The Morgan fingerprint density at radius 2 is 1.97 bits per heavy atom. The summed E-state index contributed by atoms with van der Waals surface area (Å²) < 4.78 is 34.2. The fraction of sp³-hybridized carbons (Fsp3) is 0.545. The van der Waals surface area contributed by atoms with E-state index in [0.717, 1.165) is 30.8 Å². The first-order valence-electron chi connectivity index (χ1n) is 11.1. The molecule has 2 unspecified atom stereocenters. The van der Waals surface area contributed by atoms with Gasteiger partial charge in [0, 0.05) is 30.5 Å². The molecule has 3 aliphatic rings. The average Bonchev–Trinajstić information content (AvgIpc) is 3.32. The van der Waals surface area contributed by atoms with Crippen LogP contribution in [-0.2, 0) is 0 Å². The van der Waals surface area contributed by atoms with Crippen LogP contribution in [0.15, 0.2) is 26.7 Å². The van der Waals surface area contributed by atoms with E-state index in [4.69, 9.17) is 16.1 Å². The lowest BCUT2D eigenvalue weighted by molar-refractivity contribution is 0.173. The van der Waals surface area contributed by atoms with Crippen LogP contribution in [0.25, 0.3) is 0 Å². The van der Waals surface area contributed by atoms with E-state index in [0.29, 0.717) is 42.9 Å². The topological polar surface area (TPSA) is 78.9 Å². The first-order valence-corrected chi connectivity index (χ1v) is 11.5. The standard InChI is InChI=1S/C22H25ClF2N6O/c1-12(18-14(24)7-8-15(25)19(18)23)31-10-9-26-21-17(31)11-16(28-29-21)22-27-20(30-32-22)13-5-3-2-4-6-13/h7-8,12-13,17H,2-6,9-11H2,1H3,(H,26,29). The second-order valence-electron chi connectivity index (χ2n) is 8.62. The number of halogens is 3. The molecule has 5 rings (SSSR count). The Morgan fingerprint density at radius 1 is 1.19 bits per heavy atom. The van der Waals surface area contributed by atoms with Gasteiger partial charge >= 0.3 is 0 Å². The molecule has 170 valence electrons. The summed E-state index contributed by atoms with van der Waals surface area (Å²) in [4.78, 5) is 11.2. The van der Waals surface area contributed by atoms with Crippen molar-refractivity contribution in [3.8, 4) is 0 Å². The van der Waals surface area contributed by atoms with Crippen molar-refractivity contribution in [3.63, 3.8) is 0 Å². The average molecular weight is 463 g/mol. The molecule has 2 aromatic rings. The van der Waals surface area contributed by atoms with E-state index in [1.807, 2.05) is 6.92 Å². The summed E-state index contributed by atoms with van der Waals surface area (Å²) in [6.07, 6.45) is 6.25. The second-order valence-corrected chi connectivity index (χ2v) is 9.00. The molecule has 1 aromatic carbocycles. The Hall–Kier alpha value is -2.39. The number of hydrazone groups is 1. The van der Waals surface area contributed by atoms with E-state index >= 15 is 0 Å². The summed E-state index contributed by atoms with van der Waals surface area (Å²) in [5.41, 5.74) is 3.78. The molecule has 1 N–H and O–H groups in total. The van der Waals surface area contributed by atoms with Gasteiger partial charge in [-0.15, -0.1) is 0 Å². The number of aromatic nitrogens is 2. The maximum absolute atomic E-state index is 14.6. The predicted molar refractivity (Wildman–Crippen MR) is 117 cm³/mol. The van der Waals surface area contributed by atoms with Gasteiger partial charge in [-0.05, 0) is 31.9 Å². The van der Waals surface area contributed by atoms with Gasteiger partial charge in [0.15, 0.2) is 5.82 Å². The molecule has 3 heterocycles. The summed E-state index contributed by atoms with van der Waals surface area (Å²) in [6, 6.07) is 1.48. The molecular formula is C22H25ClF2N6O. The van der Waals surface area contributed by atoms with Crippen molar-refractivity contribution in [1.82, 2.24) is 20.5 Å². The number of amidine groups is 1. The molecule has 2 aliphatic heterocycles. The minimum atomic E-state index is -0.633. The number of nitrogens with zero attached hydrogens (tertiary/aromatic N) is 5. The number of benzene rings is 1. The summed E-state index contributed by atoms with van der Waals surface area (Å²) in [7, 11) is 0. The minimum absolute atomic E-state index is 0.148. The Labute approximate surface area is 189 Å². The molecule has 7 nitrogen and oxygen atoms in total. The highest BCUT2D eigenvalue weighted by Crippen LogP contribution is 2.35. The molecule has 32 heavy (non-hydrogen) atoms. The van der Waals surface area contributed by atoms with Gasteiger partial charge in [0.1, 0.15) is 23.2 Å². The number of hydrogen-bond acceptors (Lipinski definition) is 7. The molecule has 1 aromatic heterocycles. The second kappa shape index (κ2) is 8.86. The lowest BCUT2D eigenvalue weighted by Gasteiger charge is -2.41. The smallest absolute Gasteiger partial charge is 0.274 e.